The van der Waals surface area contributed by atoms with Gasteiger partial charge < -0.3 is 9.64 Å². The van der Waals surface area contributed by atoms with Crippen LogP contribution in [0.25, 0.3) is 0 Å². The molecule has 0 unspecified atom stereocenters. The molecule has 4 rings (SSSR count). The van der Waals surface area contributed by atoms with Crippen molar-refractivity contribution in [2.75, 3.05) is 13.6 Å². The summed E-state index contributed by atoms with van der Waals surface area (Å²) in [4.78, 5) is 18.9. The Balaban J connectivity index is 1.36. The smallest absolute Gasteiger partial charge is 0.270 e. The lowest BCUT2D eigenvalue weighted by Gasteiger charge is -2.25. The first-order valence-corrected chi connectivity index (χ1v) is 10.0. The van der Waals surface area contributed by atoms with E-state index in [1.54, 1.807) is 24.5 Å². The van der Waals surface area contributed by atoms with Gasteiger partial charge in [0.2, 0.25) is 0 Å². The van der Waals surface area contributed by atoms with Gasteiger partial charge in [-0.3, -0.25) is 9.78 Å². The molecule has 7 heteroatoms. The number of pyridine rings is 1. The van der Waals surface area contributed by atoms with Crippen LogP contribution in [-0.4, -0.2) is 33.3 Å². The van der Waals surface area contributed by atoms with E-state index >= 15 is 0 Å². The Morgan fingerprint density at radius 1 is 1.14 bits per heavy atom. The van der Waals surface area contributed by atoms with Crippen LogP contribution in [0.3, 0.4) is 0 Å². The van der Waals surface area contributed by atoms with Crippen molar-refractivity contribution in [1.29, 1.82) is 0 Å². The standard InChI is InChI=1S/C22H23ClN4O2/c1-26-8-7-17-10-16(2-3-18(17)14-26)6-9-27-22(28)11-21(13-25-27)29-15-20-5-4-19(23)12-24-20/h2-5,10-13H,6-9,14-15H2,1H3. The summed E-state index contributed by atoms with van der Waals surface area (Å²) in [6.07, 6.45) is 4.98. The average molecular weight is 411 g/mol. The molecule has 6 nitrogen and oxygen atoms in total. The van der Waals surface area contributed by atoms with E-state index in [2.05, 4.69) is 40.2 Å². The molecule has 1 aromatic carbocycles. The molecule has 0 amide bonds. The number of halogens is 1. The Bertz CT molecular complexity index is 1050. The van der Waals surface area contributed by atoms with Crippen LogP contribution in [0.15, 0.2) is 53.6 Å². The third-order valence-electron chi connectivity index (χ3n) is 5.11. The molecule has 0 saturated heterocycles. The molecule has 2 aromatic heterocycles. The fourth-order valence-electron chi connectivity index (χ4n) is 3.45. The maximum atomic E-state index is 12.4. The minimum Gasteiger partial charge on any atom is -0.485 e. The van der Waals surface area contributed by atoms with Crippen LogP contribution in [0.1, 0.15) is 22.4 Å². The van der Waals surface area contributed by atoms with E-state index in [0.717, 1.165) is 31.6 Å². The van der Waals surface area contributed by atoms with E-state index in [1.807, 2.05) is 0 Å². The first-order valence-electron chi connectivity index (χ1n) is 9.66. The van der Waals surface area contributed by atoms with Crippen molar-refractivity contribution in [2.24, 2.45) is 0 Å². The van der Waals surface area contributed by atoms with Gasteiger partial charge in [-0.1, -0.05) is 29.8 Å². The van der Waals surface area contributed by atoms with Gasteiger partial charge in [-0.25, -0.2) is 4.68 Å². The van der Waals surface area contributed by atoms with E-state index in [-0.39, 0.29) is 12.2 Å². The monoisotopic (exact) mass is 410 g/mol. The van der Waals surface area contributed by atoms with Crippen molar-refractivity contribution in [1.82, 2.24) is 19.7 Å². The highest BCUT2D eigenvalue weighted by molar-refractivity contribution is 6.30. The van der Waals surface area contributed by atoms with E-state index in [9.17, 15) is 4.79 Å². The van der Waals surface area contributed by atoms with Crippen LogP contribution in [0.2, 0.25) is 5.02 Å². The number of aromatic nitrogens is 3. The minimum absolute atomic E-state index is 0.175. The first kappa shape index (κ1) is 19.6. The molecule has 29 heavy (non-hydrogen) atoms. The van der Waals surface area contributed by atoms with Crippen LogP contribution in [0.5, 0.6) is 5.75 Å². The summed E-state index contributed by atoms with van der Waals surface area (Å²) >= 11 is 5.82. The molecule has 0 atom stereocenters. The van der Waals surface area contributed by atoms with Crippen molar-refractivity contribution < 1.29 is 4.74 Å². The molecule has 0 aliphatic carbocycles. The highest BCUT2D eigenvalue weighted by atomic mass is 35.5. The summed E-state index contributed by atoms with van der Waals surface area (Å²) in [5, 5.41) is 4.82. The Hall–Kier alpha value is -2.70. The zero-order valence-corrected chi connectivity index (χ0v) is 17.1. The van der Waals surface area contributed by atoms with Crippen LogP contribution in [0.4, 0.5) is 0 Å². The Morgan fingerprint density at radius 2 is 2.03 bits per heavy atom. The van der Waals surface area contributed by atoms with Gasteiger partial charge in [-0.15, -0.1) is 0 Å². The fourth-order valence-corrected chi connectivity index (χ4v) is 3.56. The van der Waals surface area contributed by atoms with Gasteiger partial charge in [0.15, 0.2) is 0 Å². The zero-order valence-electron chi connectivity index (χ0n) is 16.3. The first-order chi connectivity index (χ1) is 14.1. The fraction of sp³-hybridized carbons (Fsp3) is 0.318. The summed E-state index contributed by atoms with van der Waals surface area (Å²) < 4.78 is 7.09. The van der Waals surface area contributed by atoms with Gasteiger partial charge in [0.05, 0.1) is 16.9 Å². The van der Waals surface area contributed by atoms with E-state index in [1.165, 1.54) is 27.4 Å². The molecule has 150 valence electrons. The molecule has 0 saturated carbocycles. The molecule has 1 aliphatic rings. The maximum absolute atomic E-state index is 12.4. The summed E-state index contributed by atoms with van der Waals surface area (Å²) in [7, 11) is 2.15. The Labute approximate surface area is 174 Å². The maximum Gasteiger partial charge on any atom is 0.270 e. The molecule has 0 bridgehead atoms. The molecule has 1 aliphatic heterocycles. The van der Waals surface area contributed by atoms with Gasteiger partial charge in [-0.2, -0.15) is 5.10 Å². The lowest BCUT2D eigenvalue weighted by atomic mass is 9.96. The van der Waals surface area contributed by atoms with Crippen LogP contribution in [0, 0.1) is 0 Å². The van der Waals surface area contributed by atoms with Crippen LogP contribution < -0.4 is 10.3 Å². The summed E-state index contributed by atoms with van der Waals surface area (Å²) in [5.41, 5.74) is 4.61. The van der Waals surface area contributed by atoms with Crippen molar-refractivity contribution in [3.8, 4) is 5.75 Å². The number of rotatable bonds is 6. The predicted octanol–water partition coefficient (Wildman–Crippen LogP) is 3.10. The average Bonchev–Trinajstić information content (AvgIpc) is 2.72. The van der Waals surface area contributed by atoms with Crippen LogP contribution in [-0.2, 0) is 32.5 Å². The number of aryl methyl sites for hydroxylation is 2. The van der Waals surface area contributed by atoms with Crippen molar-refractivity contribution in [2.45, 2.75) is 32.5 Å². The number of hydrogen-bond acceptors (Lipinski definition) is 5. The quantitative estimate of drug-likeness (QED) is 0.625. The lowest BCUT2D eigenvalue weighted by molar-refractivity contribution is 0.297. The molecule has 0 N–H and O–H groups in total. The second kappa shape index (κ2) is 8.76. The van der Waals surface area contributed by atoms with Crippen molar-refractivity contribution >= 4 is 11.6 Å². The van der Waals surface area contributed by atoms with Gasteiger partial charge in [0.1, 0.15) is 12.4 Å². The van der Waals surface area contributed by atoms with E-state index in [4.69, 9.17) is 16.3 Å². The van der Waals surface area contributed by atoms with Gasteiger partial charge in [0, 0.05) is 31.9 Å². The van der Waals surface area contributed by atoms with Crippen molar-refractivity contribution in [3.63, 3.8) is 0 Å². The molecule has 3 aromatic rings. The number of likely N-dealkylation sites (N-methyl/N-ethyl adjacent to an activating group) is 1. The third kappa shape index (κ3) is 5.02. The van der Waals surface area contributed by atoms with E-state index in [0.29, 0.717) is 17.3 Å². The molecular weight excluding hydrogens is 388 g/mol. The third-order valence-corrected chi connectivity index (χ3v) is 5.33. The van der Waals surface area contributed by atoms with Gasteiger partial charge >= 0.3 is 0 Å². The van der Waals surface area contributed by atoms with Gasteiger partial charge in [-0.05, 0) is 48.7 Å². The number of hydrogen-bond donors (Lipinski definition) is 0. The number of ether oxygens (including phenoxy) is 1. The minimum atomic E-state index is -0.175. The molecule has 0 radical (unpaired) electrons. The van der Waals surface area contributed by atoms with Crippen molar-refractivity contribution in [3.05, 3.63) is 86.6 Å². The molecule has 0 spiro atoms. The van der Waals surface area contributed by atoms with Crippen LogP contribution >= 0.6 is 11.6 Å². The highest BCUT2D eigenvalue weighted by Crippen LogP contribution is 2.20. The Kier molecular flexibility index (Phi) is 5.92. The zero-order chi connectivity index (χ0) is 20.2. The molecule has 0 fully saturated rings. The number of benzene rings is 1. The van der Waals surface area contributed by atoms with E-state index < -0.39 is 0 Å². The second-order valence-corrected chi connectivity index (χ2v) is 7.79. The summed E-state index contributed by atoms with van der Waals surface area (Å²) in [5.74, 6) is 0.431. The largest absolute Gasteiger partial charge is 0.485 e. The second-order valence-electron chi connectivity index (χ2n) is 7.35. The highest BCUT2D eigenvalue weighted by Gasteiger charge is 2.13. The topological polar surface area (TPSA) is 60.3 Å². The number of nitrogens with zero attached hydrogens (tertiary/aromatic N) is 4. The van der Waals surface area contributed by atoms with Gasteiger partial charge in [0.25, 0.3) is 5.56 Å². The number of fused-ring (bicyclic) bond motifs is 1. The predicted molar refractivity (Wildman–Crippen MR) is 112 cm³/mol. The molecular formula is C22H23ClN4O2. The summed E-state index contributed by atoms with van der Waals surface area (Å²) in [6.45, 7) is 2.89. The SMILES string of the molecule is CN1CCc2cc(CCn3ncc(OCc4ccc(Cl)cn4)cc3=O)ccc2C1. The Morgan fingerprint density at radius 3 is 2.83 bits per heavy atom. The summed E-state index contributed by atoms with van der Waals surface area (Å²) in [6, 6.07) is 11.6. The normalized spacial score (nSPS) is 13.9. The molecule has 3 heterocycles. The lowest BCUT2D eigenvalue weighted by Crippen LogP contribution is -2.26.